The number of carbonyl (C=O) groups excluding carboxylic acids is 3. The number of aryl methyl sites for hydroxylation is 1. The Morgan fingerprint density at radius 3 is 2.58 bits per heavy atom. The van der Waals surface area contributed by atoms with Crippen molar-refractivity contribution in [3.05, 3.63) is 88.3 Å². The standard InChI is InChI=1S/C31H35N7O5/c1-20-23(35-25(39)11-8-17-34-27(40)21-9-7-15-32-19-21)12-13-24-26(20)28(41)43-30(36-24)37-31(2,3)29(42)38(4)18-14-22-10-5-6-16-33-22/h5-7,9-10,12-13,15-16,19H,8,11,14,17-18H2,1-4H3,(H,34,40)(H,35,39)(H,36,37). The number of anilines is 2. The Morgan fingerprint density at radius 2 is 1.86 bits per heavy atom. The van der Waals surface area contributed by atoms with Gasteiger partial charge in [-0.25, -0.2) is 4.79 Å². The van der Waals surface area contributed by atoms with Crippen molar-refractivity contribution in [2.45, 2.75) is 45.6 Å². The minimum absolute atomic E-state index is 0.0847. The lowest BCUT2D eigenvalue weighted by atomic mass is 10.0. The monoisotopic (exact) mass is 585 g/mol. The molecule has 0 bridgehead atoms. The first-order valence-corrected chi connectivity index (χ1v) is 13.9. The number of fused-ring (bicyclic) bond motifs is 1. The maximum Gasteiger partial charge on any atom is 0.348 e. The summed E-state index contributed by atoms with van der Waals surface area (Å²) >= 11 is 0. The van der Waals surface area contributed by atoms with E-state index in [4.69, 9.17) is 4.42 Å². The van der Waals surface area contributed by atoms with Crippen molar-refractivity contribution in [2.75, 3.05) is 30.8 Å². The summed E-state index contributed by atoms with van der Waals surface area (Å²) in [6, 6.07) is 12.2. The fraction of sp³-hybridized carbons (Fsp3) is 0.323. The second-order valence-corrected chi connectivity index (χ2v) is 10.6. The summed E-state index contributed by atoms with van der Waals surface area (Å²) in [6.45, 7) is 5.85. The summed E-state index contributed by atoms with van der Waals surface area (Å²) in [6.07, 6.45) is 5.96. The third-order valence-electron chi connectivity index (χ3n) is 6.85. The van der Waals surface area contributed by atoms with Crippen LogP contribution in [-0.4, -0.2) is 63.2 Å². The number of carbonyl (C=O) groups is 3. The van der Waals surface area contributed by atoms with E-state index in [-0.39, 0.29) is 35.5 Å². The van der Waals surface area contributed by atoms with Crippen LogP contribution >= 0.6 is 0 Å². The highest BCUT2D eigenvalue weighted by atomic mass is 16.4. The topological polar surface area (TPSA) is 159 Å². The summed E-state index contributed by atoms with van der Waals surface area (Å²) in [5.74, 6) is -0.729. The molecule has 0 aliphatic carbocycles. The molecule has 3 N–H and O–H groups in total. The molecule has 4 aromatic rings. The van der Waals surface area contributed by atoms with E-state index in [0.717, 1.165) is 5.69 Å². The van der Waals surface area contributed by atoms with Crippen molar-refractivity contribution in [1.82, 2.24) is 25.2 Å². The van der Waals surface area contributed by atoms with Crippen LogP contribution in [0.25, 0.3) is 10.9 Å². The lowest BCUT2D eigenvalue weighted by Gasteiger charge is -2.30. The SMILES string of the molecule is Cc1c(NC(=O)CCCNC(=O)c2cccnc2)ccc2nc(NC(C)(C)C(=O)N(C)CCc3ccccn3)oc(=O)c12. The van der Waals surface area contributed by atoms with Gasteiger partial charge in [-0.15, -0.1) is 0 Å². The Morgan fingerprint density at radius 1 is 1.05 bits per heavy atom. The third kappa shape index (κ3) is 8.00. The molecule has 4 rings (SSSR count). The van der Waals surface area contributed by atoms with E-state index in [9.17, 15) is 19.2 Å². The smallest absolute Gasteiger partial charge is 0.348 e. The number of rotatable bonds is 12. The van der Waals surface area contributed by atoms with Crippen LogP contribution in [0.3, 0.4) is 0 Å². The van der Waals surface area contributed by atoms with E-state index in [0.29, 0.717) is 48.3 Å². The molecule has 3 amide bonds. The van der Waals surface area contributed by atoms with Crippen molar-refractivity contribution in [2.24, 2.45) is 0 Å². The van der Waals surface area contributed by atoms with Crippen LogP contribution in [0, 0.1) is 6.92 Å². The molecule has 1 aromatic carbocycles. The van der Waals surface area contributed by atoms with Gasteiger partial charge in [0.15, 0.2) is 0 Å². The van der Waals surface area contributed by atoms with Gasteiger partial charge in [-0.1, -0.05) is 6.07 Å². The van der Waals surface area contributed by atoms with Gasteiger partial charge < -0.3 is 25.3 Å². The van der Waals surface area contributed by atoms with Crippen LogP contribution < -0.4 is 21.6 Å². The van der Waals surface area contributed by atoms with Crippen LogP contribution in [-0.2, 0) is 16.0 Å². The average Bonchev–Trinajstić information content (AvgIpc) is 2.99. The summed E-state index contributed by atoms with van der Waals surface area (Å²) in [5, 5.41) is 8.75. The molecule has 3 aromatic heterocycles. The van der Waals surface area contributed by atoms with Gasteiger partial charge in [-0.05, 0) is 69.2 Å². The number of amides is 3. The van der Waals surface area contributed by atoms with Crippen molar-refractivity contribution >= 4 is 40.3 Å². The number of nitrogens with one attached hydrogen (secondary N) is 3. The number of aromatic nitrogens is 3. The first-order chi connectivity index (χ1) is 20.5. The molecule has 0 radical (unpaired) electrons. The van der Waals surface area contributed by atoms with Crippen LogP contribution in [0.2, 0.25) is 0 Å². The highest BCUT2D eigenvalue weighted by molar-refractivity contribution is 5.96. The molecule has 0 aliphatic rings. The summed E-state index contributed by atoms with van der Waals surface area (Å²) in [7, 11) is 1.70. The third-order valence-corrected chi connectivity index (χ3v) is 6.85. The first-order valence-electron chi connectivity index (χ1n) is 13.9. The fourth-order valence-corrected chi connectivity index (χ4v) is 4.50. The Balaban J connectivity index is 1.35. The zero-order chi connectivity index (χ0) is 31.0. The highest BCUT2D eigenvalue weighted by Gasteiger charge is 2.32. The van der Waals surface area contributed by atoms with Gasteiger partial charge in [0.1, 0.15) is 5.54 Å². The molecule has 12 heteroatoms. The van der Waals surface area contributed by atoms with Crippen molar-refractivity contribution < 1.29 is 18.8 Å². The van der Waals surface area contributed by atoms with Crippen LogP contribution in [0.5, 0.6) is 0 Å². The molecular formula is C31H35N7O5. The normalized spacial score (nSPS) is 11.2. The predicted molar refractivity (Wildman–Crippen MR) is 163 cm³/mol. The molecule has 12 nitrogen and oxygen atoms in total. The average molecular weight is 586 g/mol. The molecule has 3 heterocycles. The van der Waals surface area contributed by atoms with Crippen LogP contribution in [0.4, 0.5) is 11.7 Å². The molecular weight excluding hydrogens is 550 g/mol. The zero-order valence-corrected chi connectivity index (χ0v) is 24.6. The second-order valence-electron chi connectivity index (χ2n) is 10.6. The maximum atomic E-state index is 13.2. The number of benzene rings is 1. The van der Waals surface area contributed by atoms with E-state index >= 15 is 0 Å². The zero-order valence-electron chi connectivity index (χ0n) is 24.6. The summed E-state index contributed by atoms with van der Waals surface area (Å²) in [5.41, 5.74) is 0.889. The number of hydrogen-bond acceptors (Lipinski definition) is 9. The number of likely N-dealkylation sites (N-methyl/N-ethyl adjacent to an activating group) is 1. The molecule has 0 saturated heterocycles. The summed E-state index contributed by atoms with van der Waals surface area (Å²) < 4.78 is 5.45. The minimum atomic E-state index is -1.12. The van der Waals surface area contributed by atoms with Gasteiger partial charge in [-0.3, -0.25) is 24.4 Å². The second kappa shape index (κ2) is 13.7. The van der Waals surface area contributed by atoms with E-state index in [2.05, 4.69) is 30.9 Å². The molecule has 0 spiro atoms. The molecule has 0 aliphatic heterocycles. The van der Waals surface area contributed by atoms with Crippen LogP contribution in [0.1, 0.15) is 48.3 Å². The molecule has 0 saturated carbocycles. The largest absolute Gasteiger partial charge is 0.389 e. The van der Waals surface area contributed by atoms with Gasteiger partial charge >= 0.3 is 5.63 Å². The molecule has 0 fully saturated rings. The maximum absolute atomic E-state index is 13.2. The highest BCUT2D eigenvalue weighted by Crippen LogP contribution is 2.24. The Kier molecular flexibility index (Phi) is 9.81. The summed E-state index contributed by atoms with van der Waals surface area (Å²) in [4.78, 5) is 65.0. The fourth-order valence-electron chi connectivity index (χ4n) is 4.50. The lowest BCUT2D eigenvalue weighted by Crippen LogP contribution is -2.49. The predicted octanol–water partition coefficient (Wildman–Crippen LogP) is 3.33. The van der Waals surface area contributed by atoms with Crippen molar-refractivity contribution in [3.8, 4) is 0 Å². The first kappa shape index (κ1) is 30.8. The lowest BCUT2D eigenvalue weighted by molar-refractivity contribution is -0.133. The molecule has 0 unspecified atom stereocenters. The Hall–Kier alpha value is -5.13. The number of pyridine rings is 2. The van der Waals surface area contributed by atoms with E-state index in [1.54, 1.807) is 69.4 Å². The van der Waals surface area contributed by atoms with E-state index < -0.39 is 11.2 Å². The van der Waals surface area contributed by atoms with E-state index in [1.807, 2.05) is 18.2 Å². The molecule has 0 atom stereocenters. The number of nitrogens with zero attached hydrogens (tertiary/aromatic N) is 4. The quantitative estimate of drug-likeness (QED) is 0.212. The number of hydrogen-bond donors (Lipinski definition) is 3. The van der Waals surface area contributed by atoms with Crippen molar-refractivity contribution in [3.63, 3.8) is 0 Å². The molecule has 224 valence electrons. The molecule has 43 heavy (non-hydrogen) atoms. The van der Waals surface area contributed by atoms with Crippen molar-refractivity contribution in [1.29, 1.82) is 0 Å². The minimum Gasteiger partial charge on any atom is -0.389 e. The Labute approximate surface area is 248 Å². The van der Waals surface area contributed by atoms with Gasteiger partial charge in [0.05, 0.1) is 16.5 Å². The van der Waals surface area contributed by atoms with Gasteiger partial charge in [-0.2, -0.15) is 4.98 Å². The Bertz CT molecular complexity index is 1660. The van der Waals surface area contributed by atoms with Gasteiger partial charge in [0.25, 0.3) is 11.9 Å². The van der Waals surface area contributed by atoms with Crippen LogP contribution in [0.15, 0.2) is 70.3 Å². The van der Waals surface area contributed by atoms with Gasteiger partial charge in [0.2, 0.25) is 11.8 Å². The van der Waals surface area contributed by atoms with E-state index in [1.165, 1.54) is 6.20 Å². The van der Waals surface area contributed by atoms with Gasteiger partial charge in [0, 0.05) is 63.0 Å².